The Hall–Kier alpha value is -0.570. The van der Waals surface area contributed by atoms with Crippen molar-refractivity contribution < 1.29 is 8.42 Å². The van der Waals surface area contributed by atoms with Crippen molar-refractivity contribution in [2.45, 2.75) is 5.75 Å². The molecule has 1 heterocycles. The zero-order valence-electron chi connectivity index (χ0n) is 5.82. The fourth-order valence-corrected chi connectivity index (χ4v) is 2.46. The van der Waals surface area contributed by atoms with E-state index in [0.29, 0.717) is 10.4 Å². The summed E-state index contributed by atoms with van der Waals surface area (Å²) in [5.41, 5.74) is 0.562. The summed E-state index contributed by atoms with van der Waals surface area (Å²) in [6.45, 7) is 0. The second-order valence-corrected chi connectivity index (χ2v) is 5.80. The first-order chi connectivity index (χ1) is 5.51. The van der Waals surface area contributed by atoms with Crippen LogP contribution in [0.5, 0.6) is 0 Å². The van der Waals surface area contributed by atoms with Crippen molar-refractivity contribution in [3.05, 3.63) is 21.9 Å². The Balaban J connectivity index is 2.87. The molecule has 0 aliphatic heterocycles. The molecule has 0 radical (unpaired) electrons. The lowest BCUT2D eigenvalue weighted by atomic mass is 10.3. The molecule has 1 aromatic rings. The molecule has 0 atom stereocenters. The van der Waals surface area contributed by atoms with Crippen molar-refractivity contribution in [2.75, 3.05) is 0 Å². The van der Waals surface area contributed by atoms with Crippen molar-refractivity contribution >= 4 is 31.1 Å². The number of nitriles is 1. The maximum Gasteiger partial charge on any atom is 0.236 e. The van der Waals surface area contributed by atoms with Crippen molar-refractivity contribution in [3.8, 4) is 6.07 Å². The van der Waals surface area contributed by atoms with E-state index in [0.717, 1.165) is 0 Å². The smallest absolute Gasteiger partial charge is 0.212 e. The number of thiophene rings is 1. The first kappa shape index (κ1) is 9.52. The first-order valence-corrected chi connectivity index (χ1v) is 6.27. The highest BCUT2D eigenvalue weighted by Crippen LogP contribution is 2.17. The molecule has 0 fully saturated rings. The summed E-state index contributed by atoms with van der Waals surface area (Å²) in [6.07, 6.45) is 0. The Kier molecular flexibility index (Phi) is 2.73. The topological polar surface area (TPSA) is 57.9 Å². The predicted molar refractivity (Wildman–Crippen MR) is 47.5 cm³/mol. The van der Waals surface area contributed by atoms with E-state index in [1.807, 2.05) is 6.07 Å². The molecule has 0 aliphatic carbocycles. The third kappa shape index (κ3) is 2.81. The Morgan fingerprint density at radius 1 is 1.67 bits per heavy atom. The van der Waals surface area contributed by atoms with Gasteiger partial charge in [-0.2, -0.15) is 5.26 Å². The van der Waals surface area contributed by atoms with Gasteiger partial charge in [0.05, 0.1) is 5.75 Å². The molecule has 3 nitrogen and oxygen atoms in total. The van der Waals surface area contributed by atoms with E-state index >= 15 is 0 Å². The lowest BCUT2D eigenvalue weighted by Gasteiger charge is -1.88. The minimum atomic E-state index is -3.50. The standard InChI is InChI=1S/C6H4ClNO2S2/c7-12(9,10)4-5-1-6(2-8)11-3-5/h1,3H,4H2. The van der Waals surface area contributed by atoms with Crippen LogP contribution >= 0.6 is 22.0 Å². The molecule has 0 saturated carbocycles. The molecule has 0 bridgehead atoms. The molecule has 64 valence electrons. The van der Waals surface area contributed by atoms with Crippen LogP contribution in [0.1, 0.15) is 10.4 Å². The molecule has 0 N–H and O–H groups in total. The zero-order valence-corrected chi connectivity index (χ0v) is 8.21. The van der Waals surface area contributed by atoms with Gasteiger partial charge in [0.25, 0.3) is 0 Å². The van der Waals surface area contributed by atoms with Gasteiger partial charge in [0, 0.05) is 10.7 Å². The Bertz CT molecular complexity index is 415. The predicted octanol–water partition coefficient (Wildman–Crippen LogP) is 1.69. The van der Waals surface area contributed by atoms with Gasteiger partial charge in [-0.15, -0.1) is 11.3 Å². The Morgan fingerprint density at radius 3 is 2.75 bits per heavy atom. The molecule has 0 amide bonds. The van der Waals surface area contributed by atoms with Gasteiger partial charge in [-0.05, 0) is 17.0 Å². The first-order valence-electron chi connectivity index (χ1n) is 2.91. The van der Waals surface area contributed by atoms with Crippen LogP contribution in [0, 0.1) is 11.3 Å². The van der Waals surface area contributed by atoms with Gasteiger partial charge in [-0.3, -0.25) is 0 Å². The van der Waals surface area contributed by atoms with Crippen molar-refractivity contribution in [3.63, 3.8) is 0 Å². The van der Waals surface area contributed by atoms with Gasteiger partial charge in [0.15, 0.2) is 0 Å². The van der Waals surface area contributed by atoms with Gasteiger partial charge in [0.2, 0.25) is 9.05 Å². The molecule has 0 spiro atoms. The van der Waals surface area contributed by atoms with Crippen molar-refractivity contribution in [1.82, 2.24) is 0 Å². The molecule has 12 heavy (non-hydrogen) atoms. The van der Waals surface area contributed by atoms with Gasteiger partial charge in [-0.25, -0.2) is 8.42 Å². The summed E-state index contributed by atoms with van der Waals surface area (Å²) < 4.78 is 21.2. The minimum Gasteiger partial charge on any atom is -0.212 e. The number of hydrogen-bond donors (Lipinski definition) is 0. The van der Waals surface area contributed by atoms with Crippen LogP contribution in [0.25, 0.3) is 0 Å². The molecule has 6 heteroatoms. The van der Waals surface area contributed by atoms with Gasteiger partial charge in [0.1, 0.15) is 10.9 Å². The van der Waals surface area contributed by atoms with Crippen LogP contribution in [0.3, 0.4) is 0 Å². The number of rotatable bonds is 2. The molecular formula is C6H4ClNO2S2. The van der Waals surface area contributed by atoms with Crippen LogP contribution in [0.4, 0.5) is 0 Å². The average Bonchev–Trinajstić information content (AvgIpc) is 2.32. The van der Waals surface area contributed by atoms with Crippen LogP contribution in [-0.4, -0.2) is 8.42 Å². The minimum absolute atomic E-state index is 0.216. The molecule has 0 saturated heterocycles. The van der Waals surface area contributed by atoms with E-state index in [-0.39, 0.29) is 5.75 Å². The van der Waals surface area contributed by atoms with Crippen molar-refractivity contribution in [2.24, 2.45) is 0 Å². The lowest BCUT2D eigenvalue weighted by molar-refractivity contribution is 0.609. The largest absolute Gasteiger partial charge is 0.236 e. The molecule has 1 aromatic heterocycles. The van der Waals surface area contributed by atoms with E-state index in [1.165, 1.54) is 17.4 Å². The third-order valence-corrected chi connectivity index (χ3v) is 2.99. The second kappa shape index (κ2) is 3.44. The SMILES string of the molecule is N#Cc1cc(CS(=O)(=O)Cl)cs1. The molecule has 0 aliphatic rings. The monoisotopic (exact) mass is 221 g/mol. The maximum atomic E-state index is 10.6. The van der Waals surface area contributed by atoms with E-state index in [9.17, 15) is 8.42 Å². The quantitative estimate of drug-likeness (QED) is 0.714. The highest BCUT2D eigenvalue weighted by atomic mass is 35.7. The summed E-state index contributed by atoms with van der Waals surface area (Å²) in [4.78, 5) is 0.491. The van der Waals surface area contributed by atoms with Crippen LogP contribution in [-0.2, 0) is 14.8 Å². The van der Waals surface area contributed by atoms with Gasteiger partial charge < -0.3 is 0 Å². The van der Waals surface area contributed by atoms with Crippen LogP contribution in [0.2, 0.25) is 0 Å². The fourth-order valence-electron chi connectivity index (χ4n) is 0.709. The summed E-state index contributed by atoms with van der Waals surface area (Å²) >= 11 is 1.21. The van der Waals surface area contributed by atoms with Gasteiger partial charge in [-0.1, -0.05) is 0 Å². The normalized spacial score (nSPS) is 11.0. The number of halogens is 1. The van der Waals surface area contributed by atoms with E-state index in [4.69, 9.17) is 15.9 Å². The fraction of sp³-hybridized carbons (Fsp3) is 0.167. The van der Waals surface area contributed by atoms with Gasteiger partial charge >= 0.3 is 0 Å². The summed E-state index contributed by atoms with van der Waals surface area (Å²) in [5, 5.41) is 10.0. The zero-order chi connectivity index (χ0) is 9.19. The van der Waals surface area contributed by atoms with E-state index in [1.54, 1.807) is 5.38 Å². The van der Waals surface area contributed by atoms with E-state index < -0.39 is 9.05 Å². The molecule has 1 rings (SSSR count). The number of hydrogen-bond acceptors (Lipinski definition) is 4. The number of nitrogens with zero attached hydrogens (tertiary/aromatic N) is 1. The highest BCUT2D eigenvalue weighted by Gasteiger charge is 2.08. The highest BCUT2D eigenvalue weighted by molar-refractivity contribution is 8.13. The second-order valence-electron chi connectivity index (χ2n) is 2.11. The molecular weight excluding hydrogens is 218 g/mol. The average molecular weight is 222 g/mol. The molecule has 0 unspecified atom stereocenters. The summed E-state index contributed by atoms with van der Waals surface area (Å²) in [6, 6.07) is 3.43. The third-order valence-electron chi connectivity index (χ3n) is 1.10. The molecule has 0 aromatic carbocycles. The summed E-state index contributed by atoms with van der Waals surface area (Å²) in [7, 11) is 1.51. The maximum absolute atomic E-state index is 10.6. The van der Waals surface area contributed by atoms with Crippen molar-refractivity contribution in [1.29, 1.82) is 5.26 Å². The van der Waals surface area contributed by atoms with E-state index in [2.05, 4.69) is 0 Å². The van der Waals surface area contributed by atoms with Crippen LogP contribution in [0.15, 0.2) is 11.4 Å². The summed E-state index contributed by atoms with van der Waals surface area (Å²) in [5.74, 6) is -0.216. The van der Waals surface area contributed by atoms with Crippen LogP contribution < -0.4 is 0 Å². The Labute approximate surface area is 78.6 Å². The Morgan fingerprint density at radius 2 is 2.33 bits per heavy atom. The lowest BCUT2D eigenvalue weighted by Crippen LogP contribution is -1.92.